The van der Waals surface area contributed by atoms with Crippen LogP contribution in [0.1, 0.15) is 19.8 Å². The average Bonchev–Trinajstić information content (AvgIpc) is 2.54. The number of rotatable bonds is 6. The van der Waals surface area contributed by atoms with Crippen LogP contribution in [0, 0.1) is 5.41 Å². The Hall–Kier alpha value is -1.04. The van der Waals surface area contributed by atoms with Crippen LogP contribution in [0.5, 0.6) is 0 Å². The van der Waals surface area contributed by atoms with Crippen LogP contribution in [0.4, 0.5) is 0 Å². The third-order valence-corrected chi connectivity index (χ3v) is 5.07. The summed E-state index contributed by atoms with van der Waals surface area (Å²) in [4.78, 5) is 13.7. The first-order valence-electron chi connectivity index (χ1n) is 7.44. The van der Waals surface area contributed by atoms with Crippen molar-refractivity contribution in [3.63, 3.8) is 0 Å². The number of carbonyl (C=O) groups excluding carboxylic acids is 1. The maximum absolute atomic E-state index is 12.5. The molecule has 1 saturated heterocycles. The fraction of sp³-hybridized carbons (Fsp3) is 0.562. The number of hydrogen-bond donors (Lipinski definition) is 2. The second-order valence-electron chi connectivity index (χ2n) is 5.55. The van der Waals surface area contributed by atoms with Crippen LogP contribution in [0.25, 0.3) is 0 Å². The summed E-state index contributed by atoms with van der Waals surface area (Å²) in [6.45, 7) is 4.42. The number of nitrogens with two attached hydrogens (primary N) is 1. The minimum atomic E-state index is -0.435. The van der Waals surface area contributed by atoms with Crippen molar-refractivity contribution in [2.75, 3.05) is 26.3 Å². The van der Waals surface area contributed by atoms with Gasteiger partial charge in [-0.25, -0.2) is 0 Å². The molecule has 0 saturated carbocycles. The number of ether oxygens (including phenoxy) is 1. The quantitative estimate of drug-likeness (QED) is 0.789. The lowest BCUT2D eigenvalue weighted by molar-refractivity contribution is -0.135. The van der Waals surface area contributed by atoms with Gasteiger partial charge in [-0.05, 0) is 25.0 Å². The van der Waals surface area contributed by atoms with E-state index in [0.717, 1.165) is 12.8 Å². The largest absolute Gasteiger partial charge is 0.381 e. The smallest absolute Gasteiger partial charge is 0.227 e. The lowest BCUT2D eigenvalue weighted by Crippen LogP contribution is -2.50. The predicted octanol–water partition coefficient (Wildman–Crippen LogP) is 2.04. The summed E-state index contributed by atoms with van der Waals surface area (Å²) in [5, 5.41) is 3.39. The van der Waals surface area contributed by atoms with Crippen molar-refractivity contribution in [1.29, 1.82) is 0 Å². The Balaban J connectivity index is 1.82. The molecule has 21 heavy (non-hydrogen) atoms. The molecule has 0 aliphatic carbocycles. The lowest BCUT2D eigenvalue weighted by Gasteiger charge is -2.34. The second-order valence-corrected chi connectivity index (χ2v) is 7.06. The molecule has 3 N–H and O–H groups in total. The Morgan fingerprint density at radius 3 is 2.67 bits per heavy atom. The molecule has 1 amide bonds. The van der Waals surface area contributed by atoms with Gasteiger partial charge < -0.3 is 15.8 Å². The van der Waals surface area contributed by atoms with Crippen molar-refractivity contribution in [3.05, 3.63) is 30.3 Å². The molecule has 1 heterocycles. The molecule has 1 aliphatic rings. The first-order valence-corrected chi connectivity index (χ1v) is 8.32. The number of carbonyl (C=O) groups is 1. The Labute approximate surface area is 130 Å². The van der Waals surface area contributed by atoms with Crippen LogP contribution in [0.3, 0.4) is 0 Å². The van der Waals surface area contributed by atoms with Gasteiger partial charge in [-0.15, -0.1) is 11.8 Å². The van der Waals surface area contributed by atoms with Crippen molar-refractivity contribution in [3.8, 4) is 0 Å². The van der Waals surface area contributed by atoms with Crippen molar-refractivity contribution < 1.29 is 9.53 Å². The van der Waals surface area contributed by atoms with Gasteiger partial charge in [-0.2, -0.15) is 0 Å². The molecule has 0 aromatic heterocycles. The molecule has 0 radical (unpaired) electrons. The van der Waals surface area contributed by atoms with Gasteiger partial charge in [0.15, 0.2) is 0 Å². The summed E-state index contributed by atoms with van der Waals surface area (Å²) in [6.07, 6.45) is 1.44. The van der Waals surface area contributed by atoms with E-state index in [0.29, 0.717) is 31.6 Å². The zero-order valence-corrected chi connectivity index (χ0v) is 13.3. The second kappa shape index (κ2) is 7.82. The summed E-state index contributed by atoms with van der Waals surface area (Å²) in [6, 6.07) is 10.2. The van der Waals surface area contributed by atoms with E-state index < -0.39 is 5.41 Å². The molecule has 2 rings (SSSR count). The van der Waals surface area contributed by atoms with Crippen LogP contribution >= 0.6 is 11.8 Å². The molecule has 116 valence electrons. The van der Waals surface area contributed by atoms with E-state index in [1.54, 1.807) is 11.8 Å². The maximum Gasteiger partial charge on any atom is 0.227 e. The van der Waals surface area contributed by atoms with Crippen LogP contribution in [-0.4, -0.2) is 37.5 Å². The molecule has 1 unspecified atom stereocenters. The molecule has 1 fully saturated rings. The highest BCUT2D eigenvalue weighted by atomic mass is 32.2. The van der Waals surface area contributed by atoms with E-state index in [4.69, 9.17) is 10.5 Å². The van der Waals surface area contributed by atoms with Crippen molar-refractivity contribution >= 4 is 17.7 Å². The fourth-order valence-corrected chi connectivity index (χ4v) is 3.43. The van der Waals surface area contributed by atoms with Gasteiger partial charge in [-0.3, -0.25) is 4.79 Å². The number of hydrogen-bond acceptors (Lipinski definition) is 4. The van der Waals surface area contributed by atoms with Crippen molar-refractivity contribution in [2.45, 2.75) is 29.9 Å². The maximum atomic E-state index is 12.5. The molecule has 1 aliphatic heterocycles. The molecule has 0 spiro atoms. The molecule has 4 nitrogen and oxygen atoms in total. The molecular formula is C16H24N2O2S. The van der Waals surface area contributed by atoms with Gasteiger partial charge in [0.05, 0.1) is 5.41 Å². The summed E-state index contributed by atoms with van der Waals surface area (Å²) in [7, 11) is 0. The monoisotopic (exact) mass is 308 g/mol. The molecular weight excluding hydrogens is 284 g/mol. The van der Waals surface area contributed by atoms with Crippen molar-refractivity contribution in [2.24, 2.45) is 11.1 Å². The Kier molecular flexibility index (Phi) is 6.08. The number of benzene rings is 1. The highest BCUT2D eigenvalue weighted by Gasteiger charge is 2.38. The van der Waals surface area contributed by atoms with Gasteiger partial charge in [-0.1, -0.05) is 25.1 Å². The highest BCUT2D eigenvalue weighted by molar-refractivity contribution is 8.00. The Bertz CT molecular complexity index is 447. The normalized spacial score (nSPS) is 19.0. The van der Waals surface area contributed by atoms with E-state index in [-0.39, 0.29) is 5.91 Å². The van der Waals surface area contributed by atoms with Crippen molar-refractivity contribution in [1.82, 2.24) is 5.32 Å². The third kappa shape index (κ3) is 4.46. The van der Waals surface area contributed by atoms with Gasteiger partial charge in [0.25, 0.3) is 0 Å². The minimum Gasteiger partial charge on any atom is -0.381 e. The Morgan fingerprint density at radius 2 is 2.05 bits per heavy atom. The predicted molar refractivity (Wildman–Crippen MR) is 86.3 cm³/mol. The van der Waals surface area contributed by atoms with Crippen LogP contribution in [0.2, 0.25) is 0 Å². The first kappa shape index (κ1) is 16.3. The summed E-state index contributed by atoms with van der Waals surface area (Å²) in [5.41, 5.74) is 5.41. The standard InChI is InChI=1S/C16H24N2O2S/c1-13(21-14-5-3-2-4-6-14)11-18-15(19)16(12-17)7-9-20-10-8-16/h2-6,13H,7-12,17H2,1H3,(H,18,19). The number of thioether (sulfide) groups is 1. The van der Waals surface area contributed by atoms with Gasteiger partial charge in [0.2, 0.25) is 5.91 Å². The highest BCUT2D eigenvalue weighted by Crippen LogP contribution is 2.30. The molecule has 1 atom stereocenters. The van der Waals surface area contributed by atoms with Crippen LogP contribution < -0.4 is 11.1 Å². The first-order chi connectivity index (χ1) is 10.2. The fourth-order valence-electron chi connectivity index (χ4n) is 2.48. The molecule has 5 heteroatoms. The Morgan fingerprint density at radius 1 is 1.38 bits per heavy atom. The summed E-state index contributed by atoms with van der Waals surface area (Å²) in [5.74, 6) is 0.0776. The zero-order valence-electron chi connectivity index (χ0n) is 12.5. The topological polar surface area (TPSA) is 64.4 Å². The average molecular weight is 308 g/mol. The molecule has 1 aromatic rings. The van der Waals surface area contributed by atoms with E-state index in [2.05, 4.69) is 24.4 Å². The van der Waals surface area contributed by atoms with Crippen LogP contribution in [-0.2, 0) is 9.53 Å². The molecule has 0 bridgehead atoms. The lowest BCUT2D eigenvalue weighted by atomic mass is 9.79. The summed E-state index contributed by atoms with van der Waals surface area (Å²) < 4.78 is 5.34. The summed E-state index contributed by atoms with van der Waals surface area (Å²) >= 11 is 1.77. The number of amides is 1. The van der Waals surface area contributed by atoms with E-state index >= 15 is 0 Å². The SMILES string of the molecule is CC(CNC(=O)C1(CN)CCOCC1)Sc1ccccc1. The van der Waals surface area contributed by atoms with Gasteiger partial charge in [0.1, 0.15) is 0 Å². The van der Waals surface area contributed by atoms with E-state index in [9.17, 15) is 4.79 Å². The van der Waals surface area contributed by atoms with Gasteiger partial charge in [0, 0.05) is 36.4 Å². The van der Waals surface area contributed by atoms with E-state index in [1.807, 2.05) is 18.2 Å². The number of nitrogens with one attached hydrogen (secondary N) is 1. The zero-order chi connectivity index (χ0) is 15.1. The molecule has 1 aromatic carbocycles. The van der Waals surface area contributed by atoms with E-state index in [1.165, 1.54) is 4.90 Å². The minimum absolute atomic E-state index is 0.0776. The van der Waals surface area contributed by atoms with Gasteiger partial charge >= 0.3 is 0 Å². The van der Waals surface area contributed by atoms with Crippen LogP contribution in [0.15, 0.2) is 35.2 Å². The third-order valence-electron chi connectivity index (χ3n) is 3.95.